The molecular weight excluding hydrogens is 200 g/mol. The van der Waals surface area contributed by atoms with E-state index in [1.165, 1.54) is 18.4 Å². The number of hydrogen-bond donors (Lipinski definition) is 1. The molecule has 0 aliphatic heterocycles. The second kappa shape index (κ2) is 5.71. The molecule has 1 aliphatic carbocycles. The molecule has 1 aromatic carbocycles. The zero-order chi connectivity index (χ0) is 11.2. The van der Waals surface area contributed by atoms with Gasteiger partial charge >= 0.3 is 0 Å². The Hall–Kier alpha value is -1.28. The van der Waals surface area contributed by atoms with Gasteiger partial charge in [-0.05, 0) is 37.8 Å². The smallest absolute Gasteiger partial charge is 0.119 e. The van der Waals surface area contributed by atoms with Crippen LogP contribution in [0.2, 0.25) is 0 Å². The Morgan fingerprint density at radius 3 is 2.75 bits per heavy atom. The summed E-state index contributed by atoms with van der Waals surface area (Å²) in [6.45, 7) is 0.376. The third-order valence-electron chi connectivity index (χ3n) is 2.82. The molecular formula is C14H18O2. The third kappa shape index (κ3) is 3.38. The van der Waals surface area contributed by atoms with Crippen molar-refractivity contribution < 1.29 is 9.84 Å². The van der Waals surface area contributed by atoms with Crippen molar-refractivity contribution in [1.82, 2.24) is 0 Å². The fourth-order valence-electron chi connectivity index (χ4n) is 1.99. The van der Waals surface area contributed by atoms with Crippen molar-refractivity contribution >= 4 is 0 Å². The van der Waals surface area contributed by atoms with Crippen LogP contribution in [-0.2, 0) is 0 Å². The van der Waals surface area contributed by atoms with Crippen molar-refractivity contribution in [3.05, 3.63) is 42.0 Å². The number of ether oxygens (including phenoxy) is 1. The summed E-state index contributed by atoms with van der Waals surface area (Å²) in [5, 5.41) is 9.81. The van der Waals surface area contributed by atoms with Gasteiger partial charge in [-0.25, -0.2) is 0 Å². The molecule has 1 atom stereocenters. The summed E-state index contributed by atoms with van der Waals surface area (Å²) >= 11 is 0. The van der Waals surface area contributed by atoms with Crippen molar-refractivity contribution in [3.8, 4) is 5.75 Å². The standard InChI is InChI=1S/C14H18O2/c15-13(10-12-6-4-5-7-12)11-16-14-8-2-1-3-9-14/h1-3,6,8-9,13,15H,4-5,7,10-11H2/t13-/m0/s1. The molecule has 0 saturated heterocycles. The van der Waals surface area contributed by atoms with E-state index in [1.54, 1.807) is 0 Å². The van der Waals surface area contributed by atoms with Gasteiger partial charge in [0.25, 0.3) is 0 Å². The number of hydrogen-bond acceptors (Lipinski definition) is 2. The van der Waals surface area contributed by atoms with E-state index < -0.39 is 0 Å². The van der Waals surface area contributed by atoms with Crippen LogP contribution in [0.1, 0.15) is 25.7 Å². The quantitative estimate of drug-likeness (QED) is 0.770. The van der Waals surface area contributed by atoms with Crippen LogP contribution >= 0.6 is 0 Å². The average molecular weight is 218 g/mol. The Bertz CT molecular complexity index is 343. The first-order chi connectivity index (χ1) is 7.84. The lowest BCUT2D eigenvalue weighted by atomic mass is 10.1. The predicted octanol–water partition coefficient (Wildman–Crippen LogP) is 2.93. The van der Waals surface area contributed by atoms with Gasteiger partial charge in [0.1, 0.15) is 12.4 Å². The zero-order valence-corrected chi connectivity index (χ0v) is 9.43. The minimum absolute atomic E-state index is 0.376. The number of aliphatic hydroxyl groups is 1. The Labute approximate surface area is 96.6 Å². The normalized spacial score (nSPS) is 16.9. The molecule has 16 heavy (non-hydrogen) atoms. The first-order valence-electron chi connectivity index (χ1n) is 5.88. The largest absolute Gasteiger partial charge is 0.491 e. The van der Waals surface area contributed by atoms with Crippen molar-refractivity contribution in [3.63, 3.8) is 0 Å². The van der Waals surface area contributed by atoms with Crippen LogP contribution in [0, 0.1) is 0 Å². The Morgan fingerprint density at radius 2 is 2.06 bits per heavy atom. The van der Waals surface area contributed by atoms with E-state index in [0.29, 0.717) is 6.61 Å². The van der Waals surface area contributed by atoms with Gasteiger partial charge in [-0.2, -0.15) is 0 Å². The molecule has 0 heterocycles. The van der Waals surface area contributed by atoms with Crippen molar-refractivity contribution in [2.24, 2.45) is 0 Å². The van der Waals surface area contributed by atoms with Crippen LogP contribution in [-0.4, -0.2) is 17.8 Å². The van der Waals surface area contributed by atoms with Gasteiger partial charge < -0.3 is 9.84 Å². The van der Waals surface area contributed by atoms with Gasteiger partial charge in [0, 0.05) is 0 Å². The lowest BCUT2D eigenvalue weighted by Gasteiger charge is -2.12. The van der Waals surface area contributed by atoms with Crippen LogP contribution in [0.15, 0.2) is 42.0 Å². The van der Waals surface area contributed by atoms with Crippen LogP contribution in [0.4, 0.5) is 0 Å². The van der Waals surface area contributed by atoms with E-state index in [1.807, 2.05) is 30.3 Å². The molecule has 2 rings (SSSR count). The minimum atomic E-state index is -0.385. The van der Waals surface area contributed by atoms with Crippen LogP contribution in [0.25, 0.3) is 0 Å². The molecule has 0 unspecified atom stereocenters. The topological polar surface area (TPSA) is 29.5 Å². The lowest BCUT2D eigenvalue weighted by Crippen LogP contribution is -2.17. The summed E-state index contributed by atoms with van der Waals surface area (Å²) in [6, 6.07) is 9.62. The average Bonchev–Trinajstić information content (AvgIpc) is 2.81. The summed E-state index contributed by atoms with van der Waals surface area (Å²) in [5.74, 6) is 0.821. The SMILES string of the molecule is O[C@H](COc1ccccc1)CC1=CCCC1. The second-order valence-electron chi connectivity index (χ2n) is 4.24. The molecule has 0 amide bonds. The van der Waals surface area contributed by atoms with Crippen molar-refractivity contribution in [1.29, 1.82) is 0 Å². The number of para-hydroxylation sites is 1. The highest BCUT2D eigenvalue weighted by atomic mass is 16.5. The number of aliphatic hydroxyl groups excluding tert-OH is 1. The van der Waals surface area contributed by atoms with E-state index >= 15 is 0 Å². The number of allylic oxidation sites excluding steroid dienone is 1. The highest BCUT2D eigenvalue weighted by Gasteiger charge is 2.11. The molecule has 2 heteroatoms. The first kappa shape index (κ1) is 11.2. The molecule has 0 spiro atoms. The fourth-order valence-corrected chi connectivity index (χ4v) is 1.99. The van der Waals surface area contributed by atoms with Crippen LogP contribution in [0.3, 0.4) is 0 Å². The highest BCUT2D eigenvalue weighted by molar-refractivity contribution is 5.21. The molecule has 2 nitrogen and oxygen atoms in total. The molecule has 86 valence electrons. The maximum Gasteiger partial charge on any atom is 0.119 e. The van der Waals surface area contributed by atoms with E-state index in [0.717, 1.165) is 18.6 Å². The Balaban J connectivity index is 1.73. The summed E-state index contributed by atoms with van der Waals surface area (Å²) < 4.78 is 5.50. The van der Waals surface area contributed by atoms with E-state index in [2.05, 4.69) is 6.08 Å². The summed E-state index contributed by atoms with van der Waals surface area (Å²) in [4.78, 5) is 0. The van der Waals surface area contributed by atoms with Crippen LogP contribution < -0.4 is 4.74 Å². The van der Waals surface area contributed by atoms with Crippen LogP contribution in [0.5, 0.6) is 5.75 Å². The summed E-state index contributed by atoms with van der Waals surface area (Å²) in [7, 11) is 0. The molecule has 0 radical (unpaired) electrons. The second-order valence-corrected chi connectivity index (χ2v) is 4.24. The molecule has 0 saturated carbocycles. The highest BCUT2D eigenvalue weighted by Crippen LogP contribution is 2.22. The fraction of sp³-hybridized carbons (Fsp3) is 0.429. The molecule has 0 aromatic heterocycles. The summed E-state index contributed by atoms with van der Waals surface area (Å²) in [5.41, 5.74) is 1.38. The van der Waals surface area contributed by atoms with Crippen molar-refractivity contribution in [2.45, 2.75) is 31.8 Å². The number of benzene rings is 1. The van der Waals surface area contributed by atoms with Crippen molar-refractivity contribution in [2.75, 3.05) is 6.61 Å². The lowest BCUT2D eigenvalue weighted by molar-refractivity contribution is 0.107. The van der Waals surface area contributed by atoms with E-state index in [9.17, 15) is 5.11 Å². The maximum atomic E-state index is 9.81. The van der Waals surface area contributed by atoms with Gasteiger partial charge in [0.05, 0.1) is 6.10 Å². The van der Waals surface area contributed by atoms with E-state index in [4.69, 9.17) is 4.74 Å². The first-order valence-corrected chi connectivity index (χ1v) is 5.88. The summed E-state index contributed by atoms with van der Waals surface area (Å²) in [6.07, 6.45) is 6.16. The van der Waals surface area contributed by atoms with Gasteiger partial charge in [-0.1, -0.05) is 29.8 Å². The van der Waals surface area contributed by atoms with Gasteiger partial charge in [0.15, 0.2) is 0 Å². The van der Waals surface area contributed by atoms with Gasteiger partial charge in [0.2, 0.25) is 0 Å². The molecule has 1 N–H and O–H groups in total. The third-order valence-corrected chi connectivity index (χ3v) is 2.82. The molecule has 1 aliphatic rings. The minimum Gasteiger partial charge on any atom is -0.491 e. The molecule has 0 bridgehead atoms. The molecule has 1 aromatic rings. The number of rotatable bonds is 5. The van der Waals surface area contributed by atoms with Gasteiger partial charge in [-0.3, -0.25) is 0 Å². The molecule has 0 fully saturated rings. The van der Waals surface area contributed by atoms with Gasteiger partial charge in [-0.15, -0.1) is 0 Å². The Kier molecular flexibility index (Phi) is 4.00. The Morgan fingerprint density at radius 1 is 1.25 bits per heavy atom. The monoisotopic (exact) mass is 218 g/mol. The zero-order valence-electron chi connectivity index (χ0n) is 9.43. The maximum absolute atomic E-state index is 9.81. The predicted molar refractivity (Wildman–Crippen MR) is 64.5 cm³/mol. The van der Waals surface area contributed by atoms with E-state index in [-0.39, 0.29) is 6.10 Å².